The summed E-state index contributed by atoms with van der Waals surface area (Å²) in [6.07, 6.45) is 0.414. The van der Waals surface area contributed by atoms with Gasteiger partial charge in [0.1, 0.15) is 10.8 Å². The molecule has 0 saturated carbocycles. The van der Waals surface area contributed by atoms with Crippen LogP contribution in [-0.2, 0) is 26.0 Å². The fraction of sp³-hybridized carbons (Fsp3) is 0.318. The molecule has 1 fully saturated rings. The highest BCUT2D eigenvalue weighted by Gasteiger charge is 2.27. The minimum Gasteiger partial charge on any atom is -0.496 e. The highest BCUT2D eigenvalue weighted by molar-refractivity contribution is 7.89. The summed E-state index contributed by atoms with van der Waals surface area (Å²) in [7, 11) is -2.14. The summed E-state index contributed by atoms with van der Waals surface area (Å²) in [5.74, 6) is 0.261. The molecule has 2 aromatic carbocycles. The monoisotopic (exact) mass is 522 g/mol. The van der Waals surface area contributed by atoms with E-state index in [1.165, 1.54) is 28.8 Å². The Morgan fingerprint density at radius 2 is 1.91 bits per heavy atom. The first-order valence-electron chi connectivity index (χ1n) is 10.5. The van der Waals surface area contributed by atoms with Gasteiger partial charge in [0.2, 0.25) is 21.1 Å². The molecule has 4 rings (SSSR count). The van der Waals surface area contributed by atoms with Crippen LogP contribution in [0.1, 0.15) is 12.0 Å². The van der Waals surface area contributed by atoms with Gasteiger partial charge >= 0.3 is 0 Å². The zero-order valence-electron chi connectivity index (χ0n) is 18.4. The number of aryl methyl sites for hydroxylation is 1. The molecule has 0 unspecified atom stereocenters. The van der Waals surface area contributed by atoms with Gasteiger partial charge in [0.15, 0.2) is 0 Å². The maximum Gasteiger partial charge on any atom is 0.243 e. The molecule has 1 amide bonds. The van der Waals surface area contributed by atoms with Crippen molar-refractivity contribution < 1.29 is 22.7 Å². The van der Waals surface area contributed by atoms with Crippen molar-refractivity contribution in [3.63, 3.8) is 0 Å². The minimum absolute atomic E-state index is 0.118. The first kappa shape index (κ1) is 24.6. The number of methoxy groups -OCH3 is 1. The number of sulfonamides is 1. The average Bonchev–Trinajstić information content (AvgIpc) is 3.31. The minimum atomic E-state index is -3.65. The third-order valence-electron chi connectivity index (χ3n) is 5.24. The third-order valence-corrected chi connectivity index (χ3v) is 8.28. The Bertz CT molecular complexity index is 1260. The van der Waals surface area contributed by atoms with Crippen LogP contribution < -0.4 is 10.1 Å². The number of carbonyl (C=O) groups excluding carboxylic acids is 1. The topological polar surface area (TPSA) is 111 Å². The van der Waals surface area contributed by atoms with Gasteiger partial charge in [0.05, 0.1) is 25.2 Å². The number of hydrogen-bond acceptors (Lipinski definition) is 8. The predicted molar refractivity (Wildman–Crippen MR) is 130 cm³/mol. The van der Waals surface area contributed by atoms with Gasteiger partial charge in [0.25, 0.3) is 0 Å². The van der Waals surface area contributed by atoms with Crippen molar-refractivity contribution in [3.05, 3.63) is 53.1 Å². The highest BCUT2D eigenvalue weighted by Crippen LogP contribution is 2.28. The molecule has 0 aliphatic carbocycles. The number of morpholine rings is 1. The Balaban J connectivity index is 1.42. The zero-order chi connectivity index (χ0) is 24.1. The summed E-state index contributed by atoms with van der Waals surface area (Å²) in [6, 6.07) is 11.9. The van der Waals surface area contributed by atoms with Crippen molar-refractivity contribution in [1.82, 2.24) is 14.5 Å². The summed E-state index contributed by atoms with van der Waals surface area (Å²) in [5, 5.41) is 12.5. The van der Waals surface area contributed by atoms with Crippen LogP contribution >= 0.6 is 22.9 Å². The Morgan fingerprint density at radius 1 is 1.18 bits per heavy atom. The van der Waals surface area contributed by atoms with E-state index in [1.807, 2.05) is 12.1 Å². The van der Waals surface area contributed by atoms with Gasteiger partial charge in [-0.2, -0.15) is 4.31 Å². The van der Waals surface area contributed by atoms with E-state index in [9.17, 15) is 13.2 Å². The molecule has 180 valence electrons. The van der Waals surface area contributed by atoms with E-state index < -0.39 is 10.0 Å². The number of benzene rings is 2. The van der Waals surface area contributed by atoms with Crippen LogP contribution in [0.5, 0.6) is 5.75 Å². The maximum absolute atomic E-state index is 13.0. The van der Waals surface area contributed by atoms with Crippen molar-refractivity contribution in [1.29, 1.82) is 0 Å². The van der Waals surface area contributed by atoms with Gasteiger partial charge in [0, 0.05) is 30.1 Å². The lowest BCUT2D eigenvalue weighted by molar-refractivity contribution is -0.116. The number of anilines is 1. The number of carbonyl (C=O) groups is 1. The number of amides is 1. The van der Waals surface area contributed by atoms with Crippen molar-refractivity contribution in [2.24, 2.45) is 0 Å². The number of hydrogen-bond donors (Lipinski definition) is 1. The molecule has 1 aliphatic heterocycles. The predicted octanol–water partition coefficient (Wildman–Crippen LogP) is 3.46. The molecule has 9 nitrogen and oxygen atoms in total. The molecule has 1 N–H and O–H groups in total. The van der Waals surface area contributed by atoms with Crippen LogP contribution in [0.25, 0.3) is 10.6 Å². The van der Waals surface area contributed by atoms with Gasteiger partial charge < -0.3 is 14.8 Å². The molecule has 1 saturated heterocycles. The van der Waals surface area contributed by atoms with Crippen LogP contribution in [0.15, 0.2) is 47.4 Å². The largest absolute Gasteiger partial charge is 0.496 e. The van der Waals surface area contributed by atoms with Crippen LogP contribution in [0.4, 0.5) is 5.13 Å². The average molecular weight is 523 g/mol. The third kappa shape index (κ3) is 5.73. The van der Waals surface area contributed by atoms with Crippen LogP contribution in [-0.4, -0.2) is 62.2 Å². The number of rotatable bonds is 8. The van der Waals surface area contributed by atoms with Gasteiger partial charge in [-0.3, -0.25) is 4.79 Å². The van der Waals surface area contributed by atoms with E-state index in [4.69, 9.17) is 21.1 Å². The van der Waals surface area contributed by atoms with E-state index in [2.05, 4.69) is 15.5 Å². The molecule has 0 radical (unpaired) electrons. The van der Waals surface area contributed by atoms with Gasteiger partial charge in [-0.05, 0) is 42.3 Å². The molecule has 3 aromatic rings. The molecule has 0 bridgehead atoms. The Morgan fingerprint density at radius 3 is 2.62 bits per heavy atom. The lowest BCUT2D eigenvalue weighted by Crippen LogP contribution is -2.40. The Kier molecular flexibility index (Phi) is 7.79. The number of nitrogens with one attached hydrogen (secondary N) is 1. The second-order valence-electron chi connectivity index (χ2n) is 7.46. The van der Waals surface area contributed by atoms with Gasteiger partial charge in [-0.15, -0.1) is 10.2 Å². The van der Waals surface area contributed by atoms with Crippen molar-refractivity contribution in [3.8, 4) is 16.3 Å². The molecular formula is C22H23ClN4O5S2. The molecular weight excluding hydrogens is 500 g/mol. The lowest BCUT2D eigenvalue weighted by Gasteiger charge is -2.26. The summed E-state index contributed by atoms with van der Waals surface area (Å²) >= 11 is 7.17. The summed E-state index contributed by atoms with van der Waals surface area (Å²) < 4.78 is 38.0. The van der Waals surface area contributed by atoms with Crippen molar-refractivity contribution in [2.75, 3.05) is 38.7 Å². The number of ether oxygens (including phenoxy) is 2. The van der Waals surface area contributed by atoms with E-state index in [0.717, 1.165) is 5.56 Å². The van der Waals surface area contributed by atoms with E-state index >= 15 is 0 Å². The Hall–Kier alpha value is -2.57. The quantitative estimate of drug-likeness (QED) is 0.482. The lowest BCUT2D eigenvalue weighted by atomic mass is 10.1. The van der Waals surface area contributed by atoms with E-state index in [0.29, 0.717) is 59.2 Å². The smallest absolute Gasteiger partial charge is 0.243 e. The molecule has 2 heterocycles. The second-order valence-corrected chi connectivity index (χ2v) is 10.8. The molecule has 12 heteroatoms. The fourth-order valence-electron chi connectivity index (χ4n) is 3.46. The first-order valence-corrected chi connectivity index (χ1v) is 13.1. The van der Waals surface area contributed by atoms with Crippen molar-refractivity contribution in [2.45, 2.75) is 17.7 Å². The molecule has 34 heavy (non-hydrogen) atoms. The van der Waals surface area contributed by atoms with Crippen LogP contribution in [0.2, 0.25) is 5.02 Å². The van der Waals surface area contributed by atoms with Crippen LogP contribution in [0, 0.1) is 0 Å². The maximum atomic E-state index is 13.0. The summed E-state index contributed by atoms with van der Waals surface area (Å²) in [4.78, 5) is 12.7. The van der Waals surface area contributed by atoms with Crippen molar-refractivity contribution >= 4 is 44.0 Å². The highest BCUT2D eigenvalue weighted by atomic mass is 35.5. The summed E-state index contributed by atoms with van der Waals surface area (Å²) in [5.41, 5.74) is 1.48. The molecule has 0 spiro atoms. The zero-order valence-corrected chi connectivity index (χ0v) is 20.8. The SMILES string of the molecule is COc1ccc(S(=O)(=O)N2CCOCC2)cc1CCC(=O)Nc1nnc(-c2ccc(Cl)cc2)s1. The second kappa shape index (κ2) is 10.8. The van der Waals surface area contributed by atoms with Gasteiger partial charge in [-0.1, -0.05) is 35.1 Å². The number of halogens is 1. The number of nitrogens with zero attached hydrogens (tertiary/aromatic N) is 3. The van der Waals surface area contributed by atoms with E-state index in [1.54, 1.807) is 24.3 Å². The summed E-state index contributed by atoms with van der Waals surface area (Å²) in [6.45, 7) is 1.36. The van der Waals surface area contributed by atoms with Gasteiger partial charge in [-0.25, -0.2) is 8.42 Å². The molecule has 0 atom stereocenters. The normalized spacial score (nSPS) is 14.6. The fourth-order valence-corrected chi connectivity index (χ4v) is 5.81. The van der Waals surface area contributed by atoms with E-state index in [-0.39, 0.29) is 17.2 Å². The molecule has 1 aromatic heterocycles. The first-order chi connectivity index (χ1) is 16.4. The molecule has 1 aliphatic rings. The number of aromatic nitrogens is 2. The Labute approximate surface area is 206 Å². The standard InChI is InChI=1S/C22H23ClN4O5S2/c1-31-19-8-7-18(34(29,30)27-10-12-32-13-11-27)14-16(19)4-9-20(28)24-22-26-25-21(33-22)15-2-5-17(23)6-3-15/h2-3,5-8,14H,4,9-13H2,1H3,(H,24,26,28). The van der Waals surface area contributed by atoms with Crippen LogP contribution in [0.3, 0.4) is 0 Å².